The molecule has 1 aromatic rings. The van der Waals surface area contributed by atoms with Crippen molar-refractivity contribution in [3.05, 3.63) is 23.8 Å². The molecular formula is C18H27NO3S. The number of sulfone groups is 1. The van der Waals surface area contributed by atoms with Crippen LogP contribution in [0.5, 0.6) is 5.75 Å². The van der Waals surface area contributed by atoms with Gasteiger partial charge in [0.1, 0.15) is 10.6 Å². The quantitative estimate of drug-likeness (QED) is 0.846. The maximum absolute atomic E-state index is 12.0. The summed E-state index contributed by atoms with van der Waals surface area (Å²) < 4.78 is 29.2. The topological polar surface area (TPSA) is 46.6 Å². The van der Waals surface area contributed by atoms with Gasteiger partial charge in [-0.2, -0.15) is 0 Å². The largest absolute Gasteiger partial charge is 0.495 e. The zero-order valence-corrected chi connectivity index (χ0v) is 15.1. The molecule has 3 rings (SSSR count). The van der Waals surface area contributed by atoms with Gasteiger partial charge in [0.05, 0.1) is 7.11 Å². The maximum Gasteiger partial charge on any atom is 0.179 e. The van der Waals surface area contributed by atoms with E-state index in [9.17, 15) is 8.42 Å². The minimum absolute atomic E-state index is 0.296. The van der Waals surface area contributed by atoms with E-state index in [1.165, 1.54) is 45.5 Å². The molecule has 0 radical (unpaired) electrons. The molecule has 1 aliphatic carbocycles. The number of nitrogens with zero attached hydrogens (tertiary/aromatic N) is 1. The Kier molecular flexibility index (Phi) is 4.70. The lowest BCUT2D eigenvalue weighted by Crippen LogP contribution is -2.37. The van der Waals surface area contributed by atoms with E-state index in [4.69, 9.17) is 4.74 Å². The summed E-state index contributed by atoms with van der Waals surface area (Å²) in [6, 6.07) is 6.81. The predicted molar refractivity (Wildman–Crippen MR) is 91.5 cm³/mol. The number of fused-ring (bicyclic) bond motifs is 1. The van der Waals surface area contributed by atoms with Crippen molar-refractivity contribution in [1.82, 2.24) is 4.90 Å². The summed E-state index contributed by atoms with van der Waals surface area (Å²) in [7, 11) is -1.77. The van der Waals surface area contributed by atoms with Gasteiger partial charge in [-0.15, -0.1) is 0 Å². The summed E-state index contributed by atoms with van der Waals surface area (Å²) in [5, 5.41) is 0. The maximum atomic E-state index is 12.0. The molecule has 4 nitrogen and oxygen atoms in total. The fraction of sp³-hybridized carbons (Fsp3) is 0.667. The molecule has 2 aliphatic rings. The van der Waals surface area contributed by atoms with Crippen LogP contribution in [0, 0.1) is 5.92 Å². The van der Waals surface area contributed by atoms with E-state index in [1.54, 1.807) is 12.1 Å². The SMILES string of the molecule is COc1ccc(CN2[C@H](C)C[C@H]3CCCC[C@H]32)cc1S(C)(=O)=O. The van der Waals surface area contributed by atoms with Crippen molar-refractivity contribution in [2.24, 2.45) is 5.92 Å². The molecule has 0 bridgehead atoms. The zero-order chi connectivity index (χ0) is 16.6. The number of rotatable bonds is 4. The number of ether oxygens (including phenoxy) is 1. The van der Waals surface area contributed by atoms with Crippen LogP contribution in [0.1, 0.15) is 44.6 Å². The number of hydrogen-bond acceptors (Lipinski definition) is 4. The van der Waals surface area contributed by atoms with Crippen LogP contribution in [0.3, 0.4) is 0 Å². The normalized spacial score (nSPS) is 28.6. The molecule has 0 N–H and O–H groups in total. The van der Waals surface area contributed by atoms with Crippen LogP contribution in [0.15, 0.2) is 23.1 Å². The Morgan fingerprint density at radius 3 is 2.70 bits per heavy atom. The van der Waals surface area contributed by atoms with Gasteiger partial charge in [0.15, 0.2) is 9.84 Å². The molecular weight excluding hydrogens is 310 g/mol. The second-order valence-electron chi connectivity index (χ2n) is 7.13. The Bertz CT molecular complexity index is 671. The van der Waals surface area contributed by atoms with Crippen LogP contribution in [0.25, 0.3) is 0 Å². The minimum atomic E-state index is -3.28. The van der Waals surface area contributed by atoms with E-state index in [0.717, 1.165) is 18.0 Å². The van der Waals surface area contributed by atoms with E-state index in [0.29, 0.717) is 22.7 Å². The lowest BCUT2D eigenvalue weighted by atomic mass is 9.85. The highest BCUT2D eigenvalue weighted by Crippen LogP contribution is 2.40. The van der Waals surface area contributed by atoms with E-state index < -0.39 is 9.84 Å². The van der Waals surface area contributed by atoms with Crippen molar-refractivity contribution in [2.45, 2.75) is 62.6 Å². The third-order valence-electron chi connectivity index (χ3n) is 5.50. The van der Waals surface area contributed by atoms with Crippen molar-refractivity contribution in [2.75, 3.05) is 13.4 Å². The van der Waals surface area contributed by atoms with Gasteiger partial charge in [0.25, 0.3) is 0 Å². The highest BCUT2D eigenvalue weighted by molar-refractivity contribution is 7.90. The first-order chi connectivity index (χ1) is 10.9. The van der Waals surface area contributed by atoms with Gasteiger partial charge < -0.3 is 4.74 Å². The van der Waals surface area contributed by atoms with Gasteiger partial charge in [-0.1, -0.05) is 18.9 Å². The van der Waals surface area contributed by atoms with E-state index in [2.05, 4.69) is 11.8 Å². The molecule has 1 aliphatic heterocycles. The molecule has 3 atom stereocenters. The first kappa shape index (κ1) is 16.8. The smallest absolute Gasteiger partial charge is 0.179 e. The van der Waals surface area contributed by atoms with Gasteiger partial charge in [-0.25, -0.2) is 8.42 Å². The van der Waals surface area contributed by atoms with Crippen LogP contribution in [0.4, 0.5) is 0 Å². The standard InChI is InChI=1S/C18H27NO3S/c1-13-10-15-6-4-5-7-16(15)19(13)12-14-8-9-17(22-2)18(11-14)23(3,20)21/h8-9,11,13,15-16H,4-7,10,12H2,1-3H3/t13-,15-,16-/m1/s1. The van der Waals surface area contributed by atoms with Crippen molar-refractivity contribution >= 4 is 9.84 Å². The van der Waals surface area contributed by atoms with Gasteiger partial charge >= 0.3 is 0 Å². The third kappa shape index (κ3) is 3.41. The molecule has 23 heavy (non-hydrogen) atoms. The fourth-order valence-electron chi connectivity index (χ4n) is 4.39. The fourth-order valence-corrected chi connectivity index (χ4v) is 5.28. The average Bonchev–Trinajstić information content (AvgIpc) is 2.82. The highest BCUT2D eigenvalue weighted by Gasteiger charge is 2.39. The van der Waals surface area contributed by atoms with Crippen molar-refractivity contribution in [1.29, 1.82) is 0 Å². The Labute approximate surface area is 139 Å². The number of methoxy groups -OCH3 is 1. The van der Waals surface area contributed by atoms with Gasteiger partial charge in [0, 0.05) is 24.9 Å². The first-order valence-electron chi connectivity index (χ1n) is 8.53. The predicted octanol–water partition coefficient (Wildman–Crippen LogP) is 3.25. The van der Waals surface area contributed by atoms with Crippen molar-refractivity contribution in [3.63, 3.8) is 0 Å². The summed E-state index contributed by atoms with van der Waals surface area (Å²) in [5.74, 6) is 1.26. The number of hydrogen-bond donors (Lipinski definition) is 0. The molecule has 0 amide bonds. The number of likely N-dealkylation sites (tertiary alicyclic amines) is 1. The molecule has 1 saturated carbocycles. The van der Waals surface area contributed by atoms with Crippen molar-refractivity contribution < 1.29 is 13.2 Å². The molecule has 0 spiro atoms. The molecule has 1 aromatic carbocycles. The van der Waals surface area contributed by atoms with Crippen LogP contribution < -0.4 is 4.74 Å². The summed E-state index contributed by atoms with van der Waals surface area (Å²) in [6.45, 7) is 3.13. The van der Waals surface area contributed by atoms with Gasteiger partial charge in [0.2, 0.25) is 0 Å². The lowest BCUT2D eigenvalue weighted by molar-refractivity contribution is 0.149. The lowest BCUT2D eigenvalue weighted by Gasteiger charge is -2.33. The Morgan fingerprint density at radius 1 is 1.26 bits per heavy atom. The number of benzene rings is 1. The highest BCUT2D eigenvalue weighted by atomic mass is 32.2. The van der Waals surface area contributed by atoms with Crippen LogP contribution in [-0.4, -0.2) is 38.8 Å². The third-order valence-corrected chi connectivity index (χ3v) is 6.62. The second-order valence-corrected chi connectivity index (χ2v) is 9.11. The molecule has 0 unspecified atom stereocenters. The molecule has 5 heteroatoms. The summed E-state index contributed by atoms with van der Waals surface area (Å²) in [4.78, 5) is 2.88. The molecule has 1 saturated heterocycles. The Hall–Kier alpha value is -1.07. The molecule has 1 heterocycles. The summed E-state index contributed by atoms with van der Waals surface area (Å²) in [5.41, 5.74) is 1.06. The molecule has 2 fully saturated rings. The summed E-state index contributed by atoms with van der Waals surface area (Å²) >= 11 is 0. The molecule has 128 valence electrons. The second kappa shape index (κ2) is 6.44. The van der Waals surface area contributed by atoms with E-state index >= 15 is 0 Å². The van der Waals surface area contributed by atoms with Gasteiger partial charge in [-0.3, -0.25) is 4.90 Å². The van der Waals surface area contributed by atoms with E-state index in [1.807, 2.05) is 6.07 Å². The first-order valence-corrected chi connectivity index (χ1v) is 10.4. The van der Waals surface area contributed by atoms with Crippen LogP contribution in [-0.2, 0) is 16.4 Å². The summed E-state index contributed by atoms with van der Waals surface area (Å²) in [6.07, 6.45) is 7.83. The Morgan fingerprint density at radius 2 is 2.00 bits per heavy atom. The van der Waals surface area contributed by atoms with Gasteiger partial charge in [-0.05, 0) is 49.8 Å². The minimum Gasteiger partial charge on any atom is -0.495 e. The van der Waals surface area contributed by atoms with E-state index in [-0.39, 0.29) is 0 Å². The molecule has 0 aromatic heterocycles. The van der Waals surface area contributed by atoms with Crippen LogP contribution in [0.2, 0.25) is 0 Å². The zero-order valence-electron chi connectivity index (χ0n) is 14.3. The average molecular weight is 337 g/mol. The van der Waals surface area contributed by atoms with Crippen LogP contribution >= 0.6 is 0 Å². The Balaban J connectivity index is 1.85. The van der Waals surface area contributed by atoms with Crippen molar-refractivity contribution in [3.8, 4) is 5.75 Å². The monoisotopic (exact) mass is 337 g/mol.